The predicted molar refractivity (Wildman–Crippen MR) is 91.1 cm³/mol. The molecule has 1 N–H and O–H groups in total. The number of anilines is 1. The number of amides is 2. The van der Waals surface area contributed by atoms with Gasteiger partial charge in [-0.2, -0.15) is 0 Å². The minimum Gasteiger partial charge on any atom is -0.323 e. The van der Waals surface area contributed by atoms with Crippen LogP contribution >= 0.6 is 39.1 Å². The highest BCUT2D eigenvalue weighted by molar-refractivity contribution is 9.10. The summed E-state index contributed by atoms with van der Waals surface area (Å²) in [5.41, 5.74) is 1.52. The Morgan fingerprint density at radius 3 is 2.71 bits per heavy atom. The quantitative estimate of drug-likeness (QED) is 0.749. The van der Waals surface area contributed by atoms with Gasteiger partial charge in [0.2, 0.25) is 0 Å². The fraction of sp³-hybridized carbons (Fsp3) is 0.133. The van der Waals surface area contributed by atoms with E-state index in [9.17, 15) is 4.79 Å². The molecule has 0 spiro atoms. The number of carbonyl (C=O) groups is 1. The molecule has 2 amide bonds. The molecule has 0 saturated carbocycles. The molecular weight excluding hydrogens is 375 g/mol. The van der Waals surface area contributed by atoms with Crippen molar-refractivity contribution in [2.75, 3.05) is 12.4 Å². The van der Waals surface area contributed by atoms with Gasteiger partial charge < -0.3 is 10.2 Å². The second-order valence-corrected chi connectivity index (χ2v) is 6.30. The van der Waals surface area contributed by atoms with Gasteiger partial charge in [-0.15, -0.1) is 0 Å². The first-order valence-electron chi connectivity index (χ1n) is 6.17. The van der Waals surface area contributed by atoms with Crippen LogP contribution in [0.1, 0.15) is 5.56 Å². The van der Waals surface area contributed by atoms with Crippen LogP contribution in [-0.2, 0) is 6.54 Å². The van der Waals surface area contributed by atoms with Crippen molar-refractivity contribution in [1.29, 1.82) is 0 Å². The number of urea groups is 1. The lowest BCUT2D eigenvalue weighted by atomic mass is 10.2. The molecule has 3 nitrogen and oxygen atoms in total. The zero-order valence-electron chi connectivity index (χ0n) is 11.2. The highest BCUT2D eigenvalue weighted by Gasteiger charge is 2.11. The van der Waals surface area contributed by atoms with Crippen LogP contribution in [0, 0.1) is 0 Å². The molecule has 2 aromatic rings. The van der Waals surface area contributed by atoms with Crippen LogP contribution in [0.4, 0.5) is 10.5 Å². The average molecular weight is 388 g/mol. The van der Waals surface area contributed by atoms with E-state index in [1.807, 2.05) is 24.3 Å². The summed E-state index contributed by atoms with van der Waals surface area (Å²) < 4.78 is 0.978. The van der Waals surface area contributed by atoms with Gasteiger partial charge in [-0.25, -0.2) is 4.79 Å². The van der Waals surface area contributed by atoms with E-state index in [0.29, 0.717) is 22.3 Å². The van der Waals surface area contributed by atoms with Crippen LogP contribution in [0.5, 0.6) is 0 Å². The third-order valence-corrected chi connectivity index (χ3v) is 3.88. The van der Waals surface area contributed by atoms with Gasteiger partial charge in [0, 0.05) is 23.1 Å². The van der Waals surface area contributed by atoms with Gasteiger partial charge in [0.25, 0.3) is 0 Å². The average Bonchev–Trinajstić information content (AvgIpc) is 2.43. The first kappa shape index (κ1) is 16.1. The van der Waals surface area contributed by atoms with E-state index in [-0.39, 0.29) is 6.03 Å². The van der Waals surface area contributed by atoms with Gasteiger partial charge >= 0.3 is 6.03 Å². The Bertz CT molecular complexity index is 664. The van der Waals surface area contributed by atoms with Crippen molar-refractivity contribution in [3.63, 3.8) is 0 Å². The highest BCUT2D eigenvalue weighted by Crippen LogP contribution is 2.25. The van der Waals surface area contributed by atoms with Crippen LogP contribution in [0.25, 0.3) is 0 Å². The van der Waals surface area contributed by atoms with E-state index in [4.69, 9.17) is 23.2 Å². The lowest BCUT2D eigenvalue weighted by molar-refractivity contribution is 0.220. The van der Waals surface area contributed by atoms with E-state index < -0.39 is 0 Å². The second-order valence-electron chi connectivity index (χ2n) is 4.54. The fourth-order valence-corrected chi connectivity index (χ4v) is 2.57. The van der Waals surface area contributed by atoms with Gasteiger partial charge in [0.05, 0.1) is 10.7 Å². The smallest absolute Gasteiger partial charge is 0.321 e. The van der Waals surface area contributed by atoms with Crippen molar-refractivity contribution < 1.29 is 4.79 Å². The Balaban J connectivity index is 2.04. The molecule has 0 bridgehead atoms. The molecule has 110 valence electrons. The molecule has 0 aliphatic carbocycles. The zero-order valence-corrected chi connectivity index (χ0v) is 14.3. The summed E-state index contributed by atoms with van der Waals surface area (Å²) in [5.74, 6) is 0. The molecular formula is C15H13BrCl2N2O. The number of halogens is 3. The standard InChI is InChI=1S/C15H13BrCl2N2O/c1-20(9-10-3-2-4-11(16)7-10)15(21)19-14-8-12(17)5-6-13(14)18/h2-8H,9H2,1H3,(H,19,21). The van der Waals surface area contributed by atoms with Gasteiger partial charge in [-0.3, -0.25) is 0 Å². The molecule has 2 aromatic carbocycles. The number of rotatable bonds is 3. The Hall–Kier alpha value is -1.23. The van der Waals surface area contributed by atoms with E-state index in [2.05, 4.69) is 21.2 Å². The molecule has 0 aliphatic heterocycles. The summed E-state index contributed by atoms with van der Waals surface area (Å²) in [6.45, 7) is 0.490. The molecule has 0 saturated heterocycles. The molecule has 0 unspecified atom stereocenters. The minimum absolute atomic E-state index is 0.251. The molecule has 2 rings (SSSR count). The monoisotopic (exact) mass is 386 g/mol. The Morgan fingerprint density at radius 1 is 1.24 bits per heavy atom. The molecule has 0 fully saturated rings. The summed E-state index contributed by atoms with van der Waals surface area (Å²) in [5, 5.41) is 3.71. The van der Waals surface area contributed by atoms with Gasteiger partial charge in [0.15, 0.2) is 0 Å². The van der Waals surface area contributed by atoms with Crippen molar-refractivity contribution in [1.82, 2.24) is 4.90 Å². The predicted octanol–water partition coefficient (Wildman–Crippen LogP) is 5.42. The number of nitrogens with zero attached hydrogens (tertiary/aromatic N) is 1. The third-order valence-electron chi connectivity index (χ3n) is 2.83. The maximum Gasteiger partial charge on any atom is 0.321 e. The molecule has 21 heavy (non-hydrogen) atoms. The molecule has 0 aliphatic rings. The van der Waals surface area contributed by atoms with E-state index in [0.717, 1.165) is 10.0 Å². The Labute approximate surface area is 142 Å². The molecule has 0 aromatic heterocycles. The van der Waals surface area contributed by atoms with Crippen LogP contribution in [0.2, 0.25) is 10.0 Å². The number of benzene rings is 2. The number of hydrogen-bond acceptors (Lipinski definition) is 1. The Morgan fingerprint density at radius 2 is 2.00 bits per heavy atom. The summed E-state index contributed by atoms with van der Waals surface area (Å²) in [4.78, 5) is 13.7. The van der Waals surface area contributed by atoms with Crippen molar-refractivity contribution in [3.8, 4) is 0 Å². The molecule has 6 heteroatoms. The summed E-state index contributed by atoms with van der Waals surface area (Å²) >= 11 is 15.3. The first-order chi connectivity index (χ1) is 9.95. The van der Waals surface area contributed by atoms with E-state index >= 15 is 0 Å². The lowest BCUT2D eigenvalue weighted by Crippen LogP contribution is -2.30. The van der Waals surface area contributed by atoms with E-state index in [1.165, 1.54) is 0 Å². The van der Waals surface area contributed by atoms with Crippen molar-refractivity contribution >= 4 is 50.9 Å². The zero-order chi connectivity index (χ0) is 15.4. The van der Waals surface area contributed by atoms with Crippen molar-refractivity contribution in [3.05, 3.63) is 62.5 Å². The molecule has 0 radical (unpaired) electrons. The molecule has 0 heterocycles. The van der Waals surface area contributed by atoms with E-state index in [1.54, 1.807) is 30.1 Å². The van der Waals surface area contributed by atoms with Crippen molar-refractivity contribution in [2.24, 2.45) is 0 Å². The van der Waals surface area contributed by atoms with Gasteiger partial charge in [0.1, 0.15) is 0 Å². The van der Waals surface area contributed by atoms with Crippen LogP contribution in [0.15, 0.2) is 46.9 Å². The lowest BCUT2D eigenvalue weighted by Gasteiger charge is -2.18. The summed E-state index contributed by atoms with van der Waals surface area (Å²) in [6, 6.07) is 12.5. The Kier molecular flexibility index (Phi) is 5.51. The summed E-state index contributed by atoms with van der Waals surface area (Å²) in [7, 11) is 1.72. The summed E-state index contributed by atoms with van der Waals surface area (Å²) in [6.07, 6.45) is 0. The van der Waals surface area contributed by atoms with Gasteiger partial charge in [-0.1, -0.05) is 51.3 Å². The maximum absolute atomic E-state index is 12.2. The van der Waals surface area contributed by atoms with Crippen LogP contribution < -0.4 is 5.32 Å². The second kappa shape index (κ2) is 7.16. The maximum atomic E-state index is 12.2. The number of nitrogens with one attached hydrogen (secondary N) is 1. The highest BCUT2D eigenvalue weighted by atomic mass is 79.9. The number of hydrogen-bond donors (Lipinski definition) is 1. The molecule has 0 atom stereocenters. The normalized spacial score (nSPS) is 10.3. The minimum atomic E-state index is -0.251. The van der Waals surface area contributed by atoms with Crippen LogP contribution in [-0.4, -0.2) is 18.0 Å². The number of carbonyl (C=O) groups excluding carboxylic acids is 1. The third kappa shape index (κ3) is 4.63. The van der Waals surface area contributed by atoms with Gasteiger partial charge in [-0.05, 0) is 35.9 Å². The van der Waals surface area contributed by atoms with Crippen LogP contribution in [0.3, 0.4) is 0 Å². The van der Waals surface area contributed by atoms with Crippen molar-refractivity contribution in [2.45, 2.75) is 6.54 Å². The largest absolute Gasteiger partial charge is 0.323 e. The first-order valence-corrected chi connectivity index (χ1v) is 7.72. The SMILES string of the molecule is CN(Cc1cccc(Br)c1)C(=O)Nc1cc(Cl)ccc1Cl. The topological polar surface area (TPSA) is 32.3 Å². The fourth-order valence-electron chi connectivity index (χ4n) is 1.78.